The molecule has 0 bridgehead atoms. The van der Waals surface area contributed by atoms with Crippen LogP contribution in [0.15, 0.2) is 54.9 Å². The summed E-state index contributed by atoms with van der Waals surface area (Å²) in [5, 5.41) is 9.18. The molecule has 1 aromatic heterocycles. The Bertz CT molecular complexity index is 761. The van der Waals surface area contributed by atoms with Gasteiger partial charge in [-0.3, -0.25) is 9.48 Å². The molecule has 1 N–H and O–H groups in total. The molecule has 4 nitrogen and oxygen atoms in total. The van der Waals surface area contributed by atoms with Crippen LogP contribution in [0.2, 0.25) is 0 Å². The molecule has 1 heterocycles. The van der Waals surface area contributed by atoms with Gasteiger partial charge in [-0.1, -0.05) is 30.3 Å². The van der Waals surface area contributed by atoms with Crippen LogP contribution in [0.4, 0.5) is 0 Å². The van der Waals surface area contributed by atoms with Crippen molar-refractivity contribution in [2.75, 3.05) is 0 Å². The lowest BCUT2D eigenvalue weighted by Crippen LogP contribution is -2.22. The van der Waals surface area contributed by atoms with E-state index in [0.717, 1.165) is 16.3 Å². The largest absolute Gasteiger partial charge is 0.348 e. The Morgan fingerprint density at radius 3 is 2.75 bits per heavy atom. The van der Waals surface area contributed by atoms with Crippen LogP contribution in [0.1, 0.15) is 15.9 Å². The predicted molar refractivity (Wildman–Crippen MR) is 78.3 cm³/mol. The highest BCUT2D eigenvalue weighted by molar-refractivity contribution is 5.98. The van der Waals surface area contributed by atoms with Crippen LogP contribution < -0.4 is 5.32 Å². The van der Waals surface area contributed by atoms with Crippen molar-refractivity contribution in [1.82, 2.24) is 15.1 Å². The summed E-state index contributed by atoms with van der Waals surface area (Å²) in [6.45, 7) is 0.486. The van der Waals surface area contributed by atoms with Crippen molar-refractivity contribution in [2.24, 2.45) is 7.05 Å². The fourth-order valence-electron chi connectivity index (χ4n) is 2.18. The molecule has 0 aliphatic carbocycles. The van der Waals surface area contributed by atoms with Crippen molar-refractivity contribution in [2.45, 2.75) is 6.54 Å². The minimum atomic E-state index is -0.0698. The van der Waals surface area contributed by atoms with E-state index in [0.29, 0.717) is 12.1 Å². The van der Waals surface area contributed by atoms with Crippen molar-refractivity contribution in [1.29, 1.82) is 0 Å². The molecule has 3 rings (SSSR count). The molecular formula is C16H15N3O. The van der Waals surface area contributed by atoms with Crippen molar-refractivity contribution in [3.05, 3.63) is 66.0 Å². The van der Waals surface area contributed by atoms with E-state index in [1.807, 2.05) is 55.7 Å². The highest BCUT2D eigenvalue weighted by Gasteiger charge is 2.06. The number of rotatable bonds is 3. The lowest BCUT2D eigenvalue weighted by atomic mass is 10.1. The average molecular weight is 265 g/mol. The number of aryl methyl sites for hydroxylation is 1. The van der Waals surface area contributed by atoms with Gasteiger partial charge in [0.2, 0.25) is 0 Å². The lowest BCUT2D eigenvalue weighted by molar-refractivity contribution is 0.0951. The number of nitrogens with one attached hydrogen (secondary N) is 1. The monoisotopic (exact) mass is 265 g/mol. The second kappa shape index (κ2) is 5.17. The summed E-state index contributed by atoms with van der Waals surface area (Å²) < 4.78 is 1.72. The summed E-state index contributed by atoms with van der Waals surface area (Å²) in [4.78, 5) is 12.1. The Hall–Kier alpha value is -2.62. The fraction of sp³-hybridized carbons (Fsp3) is 0.125. The Kier molecular flexibility index (Phi) is 3.21. The highest BCUT2D eigenvalue weighted by Crippen LogP contribution is 2.15. The van der Waals surface area contributed by atoms with Crippen LogP contribution in [0.25, 0.3) is 10.8 Å². The third-order valence-electron chi connectivity index (χ3n) is 3.22. The molecule has 100 valence electrons. The van der Waals surface area contributed by atoms with E-state index in [2.05, 4.69) is 10.4 Å². The molecule has 4 heteroatoms. The summed E-state index contributed by atoms with van der Waals surface area (Å²) in [6.07, 6.45) is 3.64. The molecule has 0 saturated carbocycles. The molecule has 0 atom stereocenters. The molecule has 1 amide bonds. The first kappa shape index (κ1) is 12.4. The van der Waals surface area contributed by atoms with Gasteiger partial charge in [0.1, 0.15) is 0 Å². The Balaban J connectivity index is 1.75. The van der Waals surface area contributed by atoms with Crippen LogP contribution >= 0.6 is 0 Å². The maximum Gasteiger partial charge on any atom is 0.251 e. The summed E-state index contributed by atoms with van der Waals surface area (Å²) in [6, 6.07) is 13.7. The van der Waals surface area contributed by atoms with Crippen LogP contribution in [-0.2, 0) is 13.6 Å². The number of nitrogens with zero attached hydrogens (tertiary/aromatic N) is 2. The molecule has 20 heavy (non-hydrogen) atoms. The first-order chi connectivity index (χ1) is 9.72. The molecule has 2 aromatic carbocycles. The predicted octanol–water partition coefficient (Wildman–Crippen LogP) is 2.50. The zero-order valence-electron chi connectivity index (χ0n) is 11.2. The zero-order chi connectivity index (χ0) is 13.9. The number of hydrogen-bond acceptors (Lipinski definition) is 2. The van der Waals surface area contributed by atoms with Gasteiger partial charge in [-0.2, -0.15) is 5.10 Å². The zero-order valence-corrected chi connectivity index (χ0v) is 11.2. The summed E-state index contributed by atoms with van der Waals surface area (Å²) in [5.41, 5.74) is 1.66. The standard InChI is InChI=1S/C16H15N3O/c1-19-11-12(10-18-19)9-17-16(20)15-7-6-13-4-2-3-5-14(13)8-15/h2-8,10-11H,9H2,1H3,(H,17,20). The number of fused-ring (bicyclic) bond motifs is 1. The molecule has 0 aliphatic rings. The second-order valence-electron chi connectivity index (χ2n) is 4.77. The Morgan fingerprint density at radius 1 is 1.20 bits per heavy atom. The van der Waals surface area contributed by atoms with Crippen molar-refractivity contribution >= 4 is 16.7 Å². The summed E-state index contributed by atoms with van der Waals surface area (Å²) in [5.74, 6) is -0.0698. The first-order valence-corrected chi connectivity index (χ1v) is 6.47. The lowest BCUT2D eigenvalue weighted by Gasteiger charge is -2.05. The summed E-state index contributed by atoms with van der Waals surface area (Å²) in [7, 11) is 1.86. The number of benzene rings is 2. The molecule has 0 fully saturated rings. The van der Waals surface area contributed by atoms with E-state index in [1.165, 1.54) is 0 Å². The third kappa shape index (κ3) is 2.54. The normalized spacial score (nSPS) is 10.7. The van der Waals surface area contributed by atoms with Gasteiger partial charge in [0, 0.05) is 30.9 Å². The quantitative estimate of drug-likeness (QED) is 0.791. The molecule has 0 saturated heterocycles. The van der Waals surface area contributed by atoms with E-state index >= 15 is 0 Å². The highest BCUT2D eigenvalue weighted by atomic mass is 16.1. The van der Waals surface area contributed by atoms with Crippen LogP contribution in [0.5, 0.6) is 0 Å². The second-order valence-corrected chi connectivity index (χ2v) is 4.77. The van der Waals surface area contributed by atoms with Gasteiger partial charge in [0.15, 0.2) is 0 Å². The fourth-order valence-corrected chi connectivity index (χ4v) is 2.18. The van der Waals surface area contributed by atoms with Crippen molar-refractivity contribution < 1.29 is 4.79 Å². The van der Waals surface area contributed by atoms with E-state index < -0.39 is 0 Å². The van der Waals surface area contributed by atoms with Crippen molar-refractivity contribution in [3.63, 3.8) is 0 Å². The van der Waals surface area contributed by atoms with Gasteiger partial charge < -0.3 is 5.32 Å². The van der Waals surface area contributed by atoms with Gasteiger partial charge in [-0.05, 0) is 22.9 Å². The molecule has 0 radical (unpaired) electrons. The number of aromatic nitrogens is 2. The van der Waals surface area contributed by atoms with E-state index in [4.69, 9.17) is 0 Å². The van der Waals surface area contributed by atoms with Gasteiger partial charge in [-0.25, -0.2) is 0 Å². The molecular weight excluding hydrogens is 250 g/mol. The van der Waals surface area contributed by atoms with Crippen LogP contribution in [0.3, 0.4) is 0 Å². The van der Waals surface area contributed by atoms with Gasteiger partial charge in [0.25, 0.3) is 5.91 Å². The van der Waals surface area contributed by atoms with Gasteiger partial charge in [-0.15, -0.1) is 0 Å². The number of carbonyl (C=O) groups excluding carboxylic acids is 1. The van der Waals surface area contributed by atoms with E-state index in [1.54, 1.807) is 10.9 Å². The number of carbonyl (C=O) groups is 1. The van der Waals surface area contributed by atoms with Gasteiger partial charge >= 0.3 is 0 Å². The van der Waals surface area contributed by atoms with Crippen LogP contribution in [0, 0.1) is 0 Å². The minimum Gasteiger partial charge on any atom is -0.348 e. The Labute approximate surface area is 117 Å². The average Bonchev–Trinajstić information content (AvgIpc) is 2.90. The molecule has 0 aliphatic heterocycles. The van der Waals surface area contributed by atoms with E-state index in [9.17, 15) is 4.79 Å². The molecule has 0 unspecified atom stereocenters. The maximum atomic E-state index is 12.1. The SMILES string of the molecule is Cn1cc(CNC(=O)c2ccc3ccccc3c2)cn1. The Morgan fingerprint density at radius 2 is 2.00 bits per heavy atom. The molecule has 3 aromatic rings. The van der Waals surface area contributed by atoms with Gasteiger partial charge in [0.05, 0.1) is 6.20 Å². The first-order valence-electron chi connectivity index (χ1n) is 6.47. The smallest absolute Gasteiger partial charge is 0.251 e. The topological polar surface area (TPSA) is 46.9 Å². The maximum absolute atomic E-state index is 12.1. The van der Waals surface area contributed by atoms with Crippen LogP contribution in [-0.4, -0.2) is 15.7 Å². The summed E-state index contributed by atoms with van der Waals surface area (Å²) >= 11 is 0. The minimum absolute atomic E-state index is 0.0698. The van der Waals surface area contributed by atoms with Crippen molar-refractivity contribution in [3.8, 4) is 0 Å². The number of hydrogen-bond donors (Lipinski definition) is 1. The third-order valence-corrected chi connectivity index (χ3v) is 3.22. The number of amides is 1. The van der Waals surface area contributed by atoms with E-state index in [-0.39, 0.29) is 5.91 Å². The molecule has 0 spiro atoms.